The van der Waals surface area contributed by atoms with E-state index in [1.807, 2.05) is 0 Å². The maximum absolute atomic E-state index is 10.8. The van der Waals surface area contributed by atoms with Crippen LogP contribution in [0.5, 0.6) is 5.88 Å². The molecule has 86 valence electrons. The summed E-state index contributed by atoms with van der Waals surface area (Å²) in [5.41, 5.74) is 0.568. The lowest BCUT2D eigenvalue weighted by molar-refractivity contribution is -0.385. The van der Waals surface area contributed by atoms with E-state index < -0.39 is 4.92 Å². The number of nitrogens with zero attached hydrogens (tertiary/aromatic N) is 3. The molecule has 16 heavy (non-hydrogen) atoms. The van der Waals surface area contributed by atoms with Gasteiger partial charge in [-0.1, -0.05) is 12.2 Å². The van der Waals surface area contributed by atoms with Crippen LogP contribution in [0.15, 0.2) is 18.5 Å². The lowest BCUT2D eigenvalue weighted by Crippen LogP contribution is -2.08. The van der Waals surface area contributed by atoms with Crippen molar-refractivity contribution in [2.45, 2.75) is 6.92 Å². The van der Waals surface area contributed by atoms with Gasteiger partial charge in [0.25, 0.3) is 5.88 Å². The van der Waals surface area contributed by atoms with Crippen LogP contribution in [-0.2, 0) is 0 Å². The summed E-state index contributed by atoms with van der Waals surface area (Å²) in [5, 5.41) is 13.6. The number of nitrogens with one attached hydrogen (secondary N) is 1. The van der Waals surface area contributed by atoms with Gasteiger partial charge in [0.15, 0.2) is 0 Å². The summed E-state index contributed by atoms with van der Waals surface area (Å²) in [7, 11) is 1.32. The first-order valence-corrected chi connectivity index (χ1v) is 4.48. The van der Waals surface area contributed by atoms with Crippen LogP contribution >= 0.6 is 0 Å². The zero-order chi connectivity index (χ0) is 12.1. The van der Waals surface area contributed by atoms with Gasteiger partial charge in [0.1, 0.15) is 6.33 Å². The van der Waals surface area contributed by atoms with Gasteiger partial charge in [-0.15, -0.1) is 0 Å². The molecule has 0 amide bonds. The smallest absolute Gasteiger partial charge is 0.372 e. The number of ether oxygens (including phenoxy) is 1. The SMILES string of the molecule is C=C(C)CNc1ncnc(OC)c1[N+](=O)[O-]. The number of nitro groups is 1. The summed E-state index contributed by atoms with van der Waals surface area (Å²) in [6, 6.07) is 0. The van der Waals surface area contributed by atoms with Crippen molar-refractivity contribution >= 4 is 11.5 Å². The van der Waals surface area contributed by atoms with Crippen LogP contribution in [0.4, 0.5) is 11.5 Å². The summed E-state index contributed by atoms with van der Waals surface area (Å²) in [6.07, 6.45) is 1.20. The molecule has 1 aromatic rings. The molecule has 1 aromatic heterocycles. The quantitative estimate of drug-likeness (QED) is 0.461. The number of aromatic nitrogens is 2. The molecule has 0 aliphatic heterocycles. The average molecular weight is 224 g/mol. The van der Waals surface area contributed by atoms with Crippen LogP contribution in [0.2, 0.25) is 0 Å². The lowest BCUT2D eigenvalue weighted by Gasteiger charge is -2.06. The second kappa shape index (κ2) is 5.06. The highest BCUT2D eigenvalue weighted by Gasteiger charge is 2.23. The van der Waals surface area contributed by atoms with Crippen LogP contribution in [0, 0.1) is 10.1 Å². The number of hydrogen-bond acceptors (Lipinski definition) is 6. The molecule has 0 aromatic carbocycles. The normalized spacial score (nSPS) is 9.62. The van der Waals surface area contributed by atoms with Gasteiger partial charge >= 0.3 is 5.69 Å². The Morgan fingerprint density at radius 3 is 2.88 bits per heavy atom. The molecule has 1 heterocycles. The summed E-state index contributed by atoms with van der Waals surface area (Å²) < 4.78 is 4.80. The molecule has 0 radical (unpaired) electrons. The fourth-order valence-corrected chi connectivity index (χ4v) is 1.04. The lowest BCUT2D eigenvalue weighted by atomic mass is 10.3. The van der Waals surface area contributed by atoms with Crippen molar-refractivity contribution in [3.05, 3.63) is 28.6 Å². The molecule has 7 heteroatoms. The molecule has 0 spiro atoms. The third kappa shape index (κ3) is 2.66. The molecule has 7 nitrogen and oxygen atoms in total. The number of hydrogen-bond donors (Lipinski definition) is 1. The van der Waals surface area contributed by atoms with Crippen LogP contribution in [0.1, 0.15) is 6.92 Å². The largest absolute Gasteiger partial charge is 0.476 e. The predicted octanol–water partition coefficient (Wildman–Crippen LogP) is 1.38. The third-order valence-electron chi connectivity index (χ3n) is 1.72. The Morgan fingerprint density at radius 2 is 2.38 bits per heavy atom. The second-order valence-corrected chi connectivity index (χ2v) is 3.15. The van der Waals surface area contributed by atoms with Gasteiger partial charge < -0.3 is 10.1 Å². The first-order chi connectivity index (χ1) is 7.56. The molecule has 0 saturated heterocycles. The van der Waals surface area contributed by atoms with Gasteiger partial charge in [0.05, 0.1) is 12.0 Å². The van der Waals surface area contributed by atoms with Gasteiger partial charge in [0.2, 0.25) is 5.82 Å². The van der Waals surface area contributed by atoms with Crippen molar-refractivity contribution < 1.29 is 9.66 Å². The highest BCUT2D eigenvalue weighted by Crippen LogP contribution is 2.30. The second-order valence-electron chi connectivity index (χ2n) is 3.15. The maximum atomic E-state index is 10.8. The van der Waals surface area contributed by atoms with Crippen LogP contribution in [0.25, 0.3) is 0 Å². The summed E-state index contributed by atoms with van der Waals surface area (Å²) >= 11 is 0. The van der Waals surface area contributed by atoms with Crippen LogP contribution in [-0.4, -0.2) is 28.5 Å². The van der Waals surface area contributed by atoms with Crippen LogP contribution in [0.3, 0.4) is 0 Å². The first kappa shape index (κ1) is 11.9. The first-order valence-electron chi connectivity index (χ1n) is 4.48. The highest BCUT2D eigenvalue weighted by atomic mass is 16.6. The zero-order valence-corrected chi connectivity index (χ0v) is 9.06. The topological polar surface area (TPSA) is 90.2 Å². The minimum Gasteiger partial charge on any atom is -0.476 e. The fraction of sp³-hybridized carbons (Fsp3) is 0.333. The van der Waals surface area contributed by atoms with E-state index in [1.165, 1.54) is 13.4 Å². The summed E-state index contributed by atoms with van der Waals surface area (Å²) in [6.45, 7) is 5.89. The van der Waals surface area contributed by atoms with Gasteiger partial charge in [-0.25, -0.2) is 4.98 Å². The molecule has 0 unspecified atom stereocenters. The predicted molar refractivity (Wildman–Crippen MR) is 58.5 cm³/mol. The maximum Gasteiger partial charge on any atom is 0.372 e. The Kier molecular flexibility index (Phi) is 3.76. The molecular weight excluding hydrogens is 212 g/mol. The van der Waals surface area contributed by atoms with Crippen molar-refractivity contribution in [2.24, 2.45) is 0 Å². The molecule has 0 aliphatic rings. The van der Waals surface area contributed by atoms with E-state index in [2.05, 4.69) is 21.9 Å². The highest BCUT2D eigenvalue weighted by molar-refractivity contribution is 5.61. The zero-order valence-electron chi connectivity index (χ0n) is 9.06. The molecule has 0 bridgehead atoms. The van der Waals surface area contributed by atoms with E-state index in [0.29, 0.717) is 6.54 Å². The van der Waals surface area contributed by atoms with E-state index in [0.717, 1.165) is 5.57 Å². The van der Waals surface area contributed by atoms with Crippen molar-refractivity contribution in [1.82, 2.24) is 9.97 Å². The Morgan fingerprint density at radius 1 is 1.69 bits per heavy atom. The molecular formula is C9H12N4O3. The molecule has 0 atom stereocenters. The molecule has 1 N–H and O–H groups in total. The molecule has 0 fully saturated rings. The Labute approximate surface area is 92.3 Å². The van der Waals surface area contributed by atoms with Crippen molar-refractivity contribution in [1.29, 1.82) is 0 Å². The Hall–Kier alpha value is -2.18. The number of anilines is 1. The van der Waals surface area contributed by atoms with E-state index >= 15 is 0 Å². The number of rotatable bonds is 5. The molecule has 1 rings (SSSR count). The Balaban J connectivity index is 3.07. The standard InChI is InChI=1S/C9H12N4O3/c1-6(2)4-10-8-7(13(14)15)9(16-3)12-5-11-8/h5H,1,4H2,2-3H3,(H,10,11,12). The van der Waals surface area contributed by atoms with E-state index in [1.54, 1.807) is 6.92 Å². The minimum absolute atomic E-state index is 0.0655. The third-order valence-corrected chi connectivity index (χ3v) is 1.72. The molecule has 0 aliphatic carbocycles. The van der Waals surface area contributed by atoms with Gasteiger partial charge in [-0.3, -0.25) is 10.1 Å². The van der Waals surface area contributed by atoms with E-state index in [4.69, 9.17) is 4.74 Å². The van der Waals surface area contributed by atoms with Crippen molar-refractivity contribution in [3.8, 4) is 5.88 Å². The minimum atomic E-state index is -0.584. The van der Waals surface area contributed by atoms with E-state index in [-0.39, 0.29) is 17.4 Å². The number of methoxy groups -OCH3 is 1. The van der Waals surface area contributed by atoms with E-state index in [9.17, 15) is 10.1 Å². The van der Waals surface area contributed by atoms with Crippen molar-refractivity contribution in [3.63, 3.8) is 0 Å². The average Bonchev–Trinajstić information content (AvgIpc) is 2.25. The van der Waals surface area contributed by atoms with Gasteiger partial charge in [0, 0.05) is 6.54 Å². The van der Waals surface area contributed by atoms with Crippen LogP contribution < -0.4 is 10.1 Å². The fourth-order valence-electron chi connectivity index (χ4n) is 1.04. The summed E-state index contributed by atoms with van der Waals surface area (Å²) in [5.74, 6) is 0.0593. The van der Waals surface area contributed by atoms with Gasteiger partial charge in [-0.2, -0.15) is 4.98 Å². The van der Waals surface area contributed by atoms with Gasteiger partial charge in [-0.05, 0) is 6.92 Å². The monoisotopic (exact) mass is 224 g/mol. The Bertz CT molecular complexity index is 419. The molecule has 0 saturated carbocycles. The van der Waals surface area contributed by atoms with Crippen molar-refractivity contribution in [2.75, 3.05) is 19.0 Å². The summed E-state index contributed by atoms with van der Waals surface area (Å²) in [4.78, 5) is 17.7.